The predicted octanol–water partition coefficient (Wildman–Crippen LogP) is 6.60. The van der Waals surface area contributed by atoms with Crippen molar-refractivity contribution in [1.82, 2.24) is 9.78 Å². The molecular formula is C33H33ClN2O7. The average molecular weight is 605 g/mol. The van der Waals surface area contributed by atoms with Gasteiger partial charge in [-0.2, -0.15) is 5.10 Å². The second kappa shape index (κ2) is 12.8. The third kappa shape index (κ3) is 7.48. The van der Waals surface area contributed by atoms with Crippen LogP contribution in [0.1, 0.15) is 47.8 Å². The van der Waals surface area contributed by atoms with E-state index < -0.39 is 11.6 Å². The Kier molecular flexibility index (Phi) is 8.92. The molecule has 0 atom stereocenters. The fourth-order valence-corrected chi connectivity index (χ4v) is 4.86. The molecule has 0 saturated heterocycles. The van der Waals surface area contributed by atoms with Crippen LogP contribution in [0.25, 0.3) is 11.1 Å². The van der Waals surface area contributed by atoms with Crippen LogP contribution in [0.4, 0.5) is 0 Å². The topological polar surface area (TPSA) is 98.1 Å². The van der Waals surface area contributed by atoms with Gasteiger partial charge >= 0.3 is 5.97 Å². The van der Waals surface area contributed by atoms with E-state index >= 15 is 0 Å². The van der Waals surface area contributed by atoms with Gasteiger partial charge in [0.05, 0.1) is 16.8 Å². The molecule has 0 N–H and O–H groups in total. The zero-order valence-electron chi connectivity index (χ0n) is 24.5. The number of fused-ring (bicyclic) bond motifs is 1. The first-order valence-electron chi connectivity index (χ1n) is 13.9. The summed E-state index contributed by atoms with van der Waals surface area (Å²) in [4.78, 5) is 23.9. The second-order valence-electron chi connectivity index (χ2n) is 11.1. The summed E-state index contributed by atoms with van der Waals surface area (Å²) in [5.41, 5.74) is 4.52. The minimum Gasteiger partial charge on any atom is -0.488 e. The van der Waals surface area contributed by atoms with Gasteiger partial charge in [-0.3, -0.25) is 14.3 Å². The lowest BCUT2D eigenvalue weighted by molar-refractivity contribution is -0.155. The van der Waals surface area contributed by atoms with E-state index in [4.69, 9.17) is 35.3 Å². The molecule has 0 radical (unpaired) electrons. The van der Waals surface area contributed by atoms with Crippen molar-refractivity contribution in [2.24, 2.45) is 0 Å². The molecule has 4 aromatic rings. The fraction of sp³-hybridized carbons (Fsp3) is 0.303. The van der Waals surface area contributed by atoms with E-state index in [-0.39, 0.29) is 25.3 Å². The van der Waals surface area contributed by atoms with Crippen LogP contribution in [0, 0.1) is 6.92 Å². The highest BCUT2D eigenvalue weighted by Crippen LogP contribution is 2.37. The molecule has 0 unspecified atom stereocenters. The minimum atomic E-state index is -0.579. The lowest BCUT2D eigenvalue weighted by Gasteiger charge is -2.20. The number of halogens is 1. The molecule has 1 aliphatic rings. The number of esters is 1. The van der Waals surface area contributed by atoms with E-state index in [0.717, 1.165) is 33.8 Å². The Hall–Kier alpha value is -4.50. The van der Waals surface area contributed by atoms with Crippen LogP contribution >= 0.6 is 11.6 Å². The van der Waals surface area contributed by atoms with E-state index in [1.807, 2.05) is 58.0 Å². The van der Waals surface area contributed by atoms with Gasteiger partial charge in [-0.25, -0.2) is 0 Å². The Morgan fingerprint density at radius 3 is 2.56 bits per heavy atom. The van der Waals surface area contributed by atoms with Crippen molar-refractivity contribution in [3.05, 3.63) is 88.2 Å². The van der Waals surface area contributed by atoms with Crippen molar-refractivity contribution in [2.45, 2.75) is 53.1 Å². The quantitative estimate of drug-likeness (QED) is 0.148. The van der Waals surface area contributed by atoms with E-state index in [2.05, 4.69) is 11.2 Å². The standard InChI is InChI=1S/C33H33ClN2O7/c1-21-24(6-5-7-26(21)23-8-9-28-31(13-23)40-11-10-39-28)20-42-30-14-29(25(18-37)12-27(30)34)41-19-22-15-35-36(16-22)17-32(38)43-33(2,3)4/h5-9,12-16,18H,10-11,17,19-20H2,1-4H3. The van der Waals surface area contributed by atoms with E-state index in [0.29, 0.717) is 41.6 Å². The lowest BCUT2D eigenvalue weighted by Crippen LogP contribution is -2.26. The Labute approximate surface area is 255 Å². The molecule has 5 rings (SSSR count). The molecule has 43 heavy (non-hydrogen) atoms. The van der Waals surface area contributed by atoms with Gasteiger partial charge in [0.15, 0.2) is 17.8 Å². The largest absolute Gasteiger partial charge is 0.488 e. The number of aromatic nitrogens is 2. The molecule has 3 aromatic carbocycles. The molecule has 10 heteroatoms. The maximum absolute atomic E-state index is 12.1. The number of rotatable bonds is 10. The zero-order valence-corrected chi connectivity index (χ0v) is 25.3. The summed E-state index contributed by atoms with van der Waals surface area (Å²) in [6.07, 6.45) is 3.96. The summed E-state index contributed by atoms with van der Waals surface area (Å²) < 4.78 is 30.3. The molecule has 9 nitrogen and oxygen atoms in total. The maximum atomic E-state index is 12.1. The number of hydrogen-bond acceptors (Lipinski definition) is 8. The zero-order chi connectivity index (χ0) is 30.6. The van der Waals surface area contributed by atoms with Gasteiger partial charge in [0.1, 0.15) is 50.1 Å². The summed E-state index contributed by atoms with van der Waals surface area (Å²) in [5.74, 6) is 1.78. The van der Waals surface area contributed by atoms with Crippen molar-refractivity contribution in [3.63, 3.8) is 0 Å². The van der Waals surface area contributed by atoms with Crippen molar-refractivity contribution in [1.29, 1.82) is 0 Å². The van der Waals surface area contributed by atoms with Gasteiger partial charge in [-0.1, -0.05) is 35.9 Å². The van der Waals surface area contributed by atoms with Gasteiger partial charge in [0, 0.05) is 17.8 Å². The van der Waals surface area contributed by atoms with Crippen LogP contribution in [0.5, 0.6) is 23.0 Å². The number of nitrogens with zero attached hydrogens (tertiary/aromatic N) is 2. The summed E-state index contributed by atoms with van der Waals surface area (Å²) in [6, 6.07) is 15.1. The molecule has 224 valence electrons. The highest BCUT2D eigenvalue weighted by atomic mass is 35.5. The third-order valence-electron chi connectivity index (χ3n) is 6.67. The van der Waals surface area contributed by atoms with Crippen LogP contribution in [-0.4, -0.2) is 40.9 Å². The van der Waals surface area contributed by atoms with Crippen molar-refractivity contribution < 1.29 is 33.3 Å². The van der Waals surface area contributed by atoms with Gasteiger partial charge < -0.3 is 23.7 Å². The first-order valence-corrected chi connectivity index (χ1v) is 14.2. The lowest BCUT2D eigenvalue weighted by atomic mass is 9.96. The van der Waals surface area contributed by atoms with Crippen LogP contribution in [0.15, 0.2) is 60.9 Å². The van der Waals surface area contributed by atoms with Crippen LogP contribution in [0.2, 0.25) is 5.02 Å². The third-order valence-corrected chi connectivity index (χ3v) is 6.96. The van der Waals surface area contributed by atoms with Crippen LogP contribution < -0.4 is 18.9 Å². The molecule has 0 spiro atoms. The van der Waals surface area contributed by atoms with Crippen molar-refractivity contribution >= 4 is 23.9 Å². The normalized spacial score (nSPS) is 12.5. The van der Waals surface area contributed by atoms with Crippen LogP contribution in [0.3, 0.4) is 0 Å². The molecule has 0 aliphatic carbocycles. The maximum Gasteiger partial charge on any atom is 0.328 e. The molecule has 2 heterocycles. The van der Waals surface area contributed by atoms with E-state index in [1.54, 1.807) is 18.5 Å². The van der Waals surface area contributed by atoms with Gasteiger partial charge in [0.25, 0.3) is 0 Å². The number of ether oxygens (including phenoxy) is 5. The summed E-state index contributed by atoms with van der Waals surface area (Å²) in [7, 11) is 0. The smallest absolute Gasteiger partial charge is 0.328 e. The first kappa shape index (κ1) is 30.0. The van der Waals surface area contributed by atoms with Gasteiger partial charge in [-0.15, -0.1) is 0 Å². The SMILES string of the molecule is Cc1c(COc2cc(OCc3cnn(CC(=O)OC(C)(C)C)c3)c(C=O)cc2Cl)cccc1-c1ccc2c(c1)OCCO2. The predicted molar refractivity (Wildman–Crippen MR) is 161 cm³/mol. The second-order valence-corrected chi connectivity index (χ2v) is 11.5. The molecule has 0 amide bonds. The van der Waals surface area contributed by atoms with Crippen molar-refractivity contribution in [3.8, 4) is 34.1 Å². The minimum absolute atomic E-state index is 0.0227. The molecule has 0 bridgehead atoms. The Balaban J connectivity index is 1.27. The monoisotopic (exact) mass is 604 g/mol. The number of benzene rings is 3. The summed E-state index contributed by atoms with van der Waals surface area (Å²) in [5, 5.41) is 4.49. The summed E-state index contributed by atoms with van der Waals surface area (Å²) in [6.45, 7) is 8.88. The molecular weight excluding hydrogens is 572 g/mol. The van der Waals surface area contributed by atoms with Crippen LogP contribution in [-0.2, 0) is 29.3 Å². The highest BCUT2D eigenvalue weighted by molar-refractivity contribution is 6.32. The fourth-order valence-electron chi connectivity index (χ4n) is 4.63. The van der Waals surface area contributed by atoms with E-state index in [9.17, 15) is 9.59 Å². The molecule has 1 aliphatic heterocycles. The Morgan fingerprint density at radius 1 is 1.02 bits per heavy atom. The first-order chi connectivity index (χ1) is 20.6. The van der Waals surface area contributed by atoms with Gasteiger partial charge in [0.2, 0.25) is 0 Å². The highest BCUT2D eigenvalue weighted by Gasteiger charge is 2.18. The number of carbonyl (C=O) groups excluding carboxylic acids is 2. The number of hydrogen-bond donors (Lipinski definition) is 0. The number of aldehydes is 1. The average Bonchev–Trinajstić information content (AvgIpc) is 3.41. The van der Waals surface area contributed by atoms with E-state index in [1.165, 1.54) is 10.7 Å². The van der Waals surface area contributed by atoms with Crippen molar-refractivity contribution in [2.75, 3.05) is 13.2 Å². The molecule has 0 fully saturated rings. The molecule has 0 saturated carbocycles. The number of carbonyl (C=O) groups is 2. The van der Waals surface area contributed by atoms with Gasteiger partial charge in [-0.05, 0) is 68.1 Å². The summed E-state index contributed by atoms with van der Waals surface area (Å²) >= 11 is 6.47. The molecule has 1 aromatic heterocycles. The Morgan fingerprint density at radius 2 is 1.79 bits per heavy atom. The Bertz CT molecular complexity index is 1640.